The summed E-state index contributed by atoms with van der Waals surface area (Å²) in [5, 5.41) is 0. The Bertz CT molecular complexity index is 1600. The second-order valence-electron chi connectivity index (χ2n) is 11.2. The van der Waals surface area contributed by atoms with Crippen LogP contribution in [0.2, 0.25) is 0 Å². The number of hydrogen-bond acceptors (Lipinski definition) is 5. The minimum Gasteiger partial charge on any atom is -0.423 e. The average molecular weight is 574 g/mol. The van der Waals surface area contributed by atoms with Gasteiger partial charge in [-0.25, -0.2) is 9.59 Å². The lowest BCUT2D eigenvalue weighted by molar-refractivity contribution is -0.130. The van der Waals surface area contributed by atoms with E-state index in [4.69, 9.17) is 9.47 Å². The molecule has 5 nitrogen and oxygen atoms in total. The smallest absolute Gasteiger partial charge is 0.338 e. The molecular weight excluding hydrogens is 534 g/mol. The topological polar surface area (TPSA) is 55.8 Å². The fourth-order valence-corrected chi connectivity index (χ4v) is 4.56. The third kappa shape index (κ3) is 7.89. The Balaban J connectivity index is 1.60. The predicted molar refractivity (Wildman–Crippen MR) is 175 cm³/mol. The van der Waals surface area contributed by atoms with Crippen molar-refractivity contribution in [3.63, 3.8) is 0 Å². The molecule has 4 aromatic rings. The maximum absolute atomic E-state index is 12.2. The molecule has 0 aliphatic heterocycles. The molecule has 4 rings (SSSR count). The van der Waals surface area contributed by atoms with Crippen LogP contribution < -0.4 is 14.4 Å². The van der Waals surface area contributed by atoms with Crippen LogP contribution in [0, 0.1) is 27.7 Å². The molecule has 0 amide bonds. The number of aryl methyl sites for hydroxylation is 6. The van der Waals surface area contributed by atoms with Crippen LogP contribution in [0.25, 0.3) is 0 Å². The lowest BCUT2D eigenvalue weighted by Crippen LogP contribution is -2.11. The third-order valence-electron chi connectivity index (χ3n) is 7.45. The molecule has 0 heterocycles. The van der Waals surface area contributed by atoms with E-state index in [1.54, 1.807) is 26.0 Å². The molecule has 0 aliphatic rings. The molecular formula is C38H39NO4. The molecule has 0 saturated carbocycles. The van der Waals surface area contributed by atoms with E-state index < -0.39 is 11.9 Å². The normalized spacial score (nSPS) is 10.7. The van der Waals surface area contributed by atoms with Crippen molar-refractivity contribution in [1.82, 2.24) is 0 Å². The van der Waals surface area contributed by atoms with E-state index in [1.165, 1.54) is 28.3 Å². The zero-order valence-corrected chi connectivity index (χ0v) is 25.9. The predicted octanol–water partition coefficient (Wildman–Crippen LogP) is 9.14. The summed E-state index contributed by atoms with van der Waals surface area (Å²) >= 11 is 0. The highest BCUT2D eigenvalue weighted by atomic mass is 16.5. The molecule has 0 saturated heterocycles. The summed E-state index contributed by atoms with van der Waals surface area (Å²) in [5.41, 5.74) is 10.9. The summed E-state index contributed by atoms with van der Waals surface area (Å²) < 4.78 is 10.9. The van der Waals surface area contributed by atoms with Gasteiger partial charge in [0.1, 0.15) is 11.5 Å². The fourth-order valence-electron chi connectivity index (χ4n) is 4.56. The summed E-state index contributed by atoms with van der Waals surface area (Å²) in [4.78, 5) is 26.6. The van der Waals surface area contributed by atoms with Crippen molar-refractivity contribution in [2.24, 2.45) is 0 Å². The number of ether oxygens (including phenoxy) is 2. The molecule has 220 valence electrons. The number of carbonyl (C=O) groups is 2. The van der Waals surface area contributed by atoms with Gasteiger partial charge in [-0.1, -0.05) is 37.4 Å². The first-order chi connectivity index (χ1) is 20.4. The van der Waals surface area contributed by atoms with E-state index in [9.17, 15) is 9.59 Å². The first-order valence-electron chi connectivity index (χ1n) is 14.3. The van der Waals surface area contributed by atoms with Crippen molar-refractivity contribution in [3.05, 3.63) is 137 Å². The molecule has 0 aliphatic carbocycles. The summed E-state index contributed by atoms with van der Waals surface area (Å²) in [6, 6.07) is 26.8. The largest absolute Gasteiger partial charge is 0.423 e. The lowest BCUT2D eigenvalue weighted by Gasteiger charge is -2.27. The molecule has 0 N–H and O–H groups in total. The van der Waals surface area contributed by atoms with Gasteiger partial charge < -0.3 is 14.4 Å². The molecule has 4 aromatic carbocycles. The SMILES string of the molecule is C=C(C)C(=O)Oc1cc(CCc2ccc(N(c3ccc(C)c(C)c3)c3ccc(C)c(C)c3)cc2)cc(OC(=O)C(=C)C)c1. The van der Waals surface area contributed by atoms with Gasteiger partial charge in [0.2, 0.25) is 0 Å². The van der Waals surface area contributed by atoms with Crippen LogP contribution in [-0.2, 0) is 22.4 Å². The van der Waals surface area contributed by atoms with E-state index >= 15 is 0 Å². The second-order valence-corrected chi connectivity index (χ2v) is 11.2. The standard InChI is InChI=1S/C38H39NO4/c1-24(2)37(40)42-35-21-31(22-36(23-35)43-38(41)25(3)4)12-11-30-13-17-32(18-14-30)39(33-15-9-26(5)28(7)19-33)34-16-10-27(6)29(8)20-34/h9-10,13-23H,1,3,11-12H2,2,4-8H3. The number of esters is 2. The van der Waals surface area contributed by atoms with Crippen LogP contribution in [0.4, 0.5) is 17.1 Å². The molecule has 43 heavy (non-hydrogen) atoms. The number of hydrogen-bond donors (Lipinski definition) is 0. The van der Waals surface area contributed by atoms with Crippen LogP contribution >= 0.6 is 0 Å². The minimum atomic E-state index is -0.540. The Kier molecular flexibility index (Phi) is 9.66. The maximum atomic E-state index is 12.2. The van der Waals surface area contributed by atoms with Gasteiger partial charge in [-0.15, -0.1) is 0 Å². The lowest BCUT2D eigenvalue weighted by atomic mass is 10.0. The summed E-state index contributed by atoms with van der Waals surface area (Å²) in [6.07, 6.45) is 1.38. The Morgan fingerprint density at radius 2 is 0.977 bits per heavy atom. The van der Waals surface area contributed by atoms with E-state index in [-0.39, 0.29) is 11.1 Å². The molecule has 0 spiro atoms. The van der Waals surface area contributed by atoms with Gasteiger partial charge in [0, 0.05) is 34.3 Å². The van der Waals surface area contributed by atoms with Gasteiger partial charge in [-0.2, -0.15) is 0 Å². The van der Waals surface area contributed by atoms with E-state index in [1.807, 2.05) is 0 Å². The second kappa shape index (κ2) is 13.4. The highest BCUT2D eigenvalue weighted by Crippen LogP contribution is 2.36. The molecule has 0 unspecified atom stereocenters. The molecule has 0 bridgehead atoms. The van der Waals surface area contributed by atoms with E-state index in [2.05, 4.69) is 106 Å². The van der Waals surface area contributed by atoms with Crippen molar-refractivity contribution < 1.29 is 19.1 Å². The van der Waals surface area contributed by atoms with E-state index in [0.29, 0.717) is 17.9 Å². The molecule has 0 aromatic heterocycles. The third-order valence-corrected chi connectivity index (χ3v) is 7.45. The maximum Gasteiger partial charge on any atom is 0.338 e. The molecule has 0 radical (unpaired) electrons. The summed E-state index contributed by atoms with van der Waals surface area (Å²) in [7, 11) is 0. The Morgan fingerprint density at radius 3 is 1.40 bits per heavy atom. The van der Waals surface area contributed by atoms with Crippen LogP contribution in [0.1, 0.15) is 47.2 Å². The summed E-state index contributed by atoms with van der Waals surface area (Å²) in [5.74, 6) is -0.491. The fraction of sp³-hybridized carbons (Fsp3) is 0.211. The van der Waals surface area contributed by atoms with Crippen LogP contribution in [-0.4, -0.2) is 11.9 Å². The highest BCUT2D eigenvalue weighted by Gasteiger charge is 2.15. The van der Waals surface area contributed by atoms with Gasteiger partial charge >= 0.3 is 11.9 Å². The van der Waals surface area contributed by atoms with Crippen molar-refractivity contribution in [1.29, 1.82) is 0 Å². The minimum absolute atomic E-state index is 0.279. The number of carbonyl (C=O) groups excluding carboxylic acids is 2. The van der Waals surface area contributed by atoms with Crippen molar-refractivity contribution in [3.8, 4) is 11.5 Å². The van der Waals surface area contributed by atoms with Crippen LogP contribution in [0.5, 0.6) is 11.5 Å². The van der Waals surface area contributed by atoms with Gasteiger partial charge in [0.05, 0.1) is 0 Å². The van der Waals surface area contributed by atoms with Crippen LogP contribution in [0.15, 0.2) is 103 Å². The Hall–Kier alpha value is -4.90. The Morgan fingerprint density at radius 1 is 0.558 bits per heavy atom. The van der Waals surface area contributed by atoms with Crippen molar-refractivity contribution in [2.45, 2.75) is 54.4 Å². The first-order valence-corrected chi connectivity index (χ1v) is 14.3. The van der Waals surface area contributed by atoms with Crippen molar-refractivity contribution in [2.75, 3.05) is 4.90 Å². The molecule has 5 heteroatoms. The van der Waals surface area contributed by atoms with Gasteiger partial charge in [-0.05, 0) is 136 Å². The zero-order valence-electron chi connectivity index (χ0n) is 25.9. The quantitative estimate of drug-likeness (QED) is 0.108. The number of anilines is 3. The van der Waals surface area contributed by atoms with Gasteiger partial charge in [0.15, 0.2) is 0 Å². The first kappa shape index (κ1) is 31.0. The van der Waals surface area contributed by atoms with E-state index in [0.717, 1.165) is 34.6 Å². The van der Waals surface area contributed by atoms with Crippen LogP contribution in [0.3, 0.4) is 0 Å². The Labute approximate surface area is 255 Å². The molecule has 0 fully saturated rings. The average Bonchev–Trinajstić information content (AvgIpc) is 2.96. The molecule has 0 atom stereocenters. The summed E-state index contributed by atoms with van der Waals surface area (Å²) in [6.45, 7) is 19.0. The number of nitrogens with zero attached hydrogens (tertiary/aromatic N) is 1. The van der Waals surface area contributed by atoms with Crippen molar-refractivity contribution >= 4 is 29.0 Å². The van der Waals surface area contributed by atoms with Gasteiger partial charge in [-0.3, -0.25) is 0 Å². The van der Waals surface area contributed by atoms with Gasteiger partial charge in [0.25, 0.3) is 0 Å². The highest BCUT2D eigenvalue weighted by molar-refractivity contribution is 5.90. The number of rotatable bonds is 10. The zero-order chi connectivity index (χ0) is 31.3. The number of benzene rings is 4. The monoisotopic (exact) mass is 573 g/mol.